The summed E-state index contributed by atoms with van der Waals surface area (Å²) in [4.78, 5) is 13.0. The summed E-state index contributed by atoms with van der Waals surface area (Å²) in [5, 5.41) is 9.03. The standard InChI is InChI=1S/C11H23NO2/c1-6-9(8(3)4)12(5)10(7-2)11(13)14/h8-10H,6-7H2,1-5H3,(H,13,14). The van der Waals surface area contributed by atoms with Crippen molar-refractivity contribution in [3.63, 3.8) is 0 Å². The molecule has 0 saturated carbocycles. The minimum Gasteiger partial charge on any atom is -0.480 e. The van der Waals surface area contributed by atoms with Gasteiger partial charge in [0, 0.05) is 6.04 Å². The fourth-order valence-corrected chi connectivity index (χ4v) is 2.10. The van der Waals surface area contributed by atoms with Gasteiger partial charge in [-0.05, 0) is 25.8 Å². The van der Waals surface area contributed by atoms with Gasteiger partial charge in [-0.3, -0.25) is 9.69 Å². The van der Waals surface area contributed by atoms with Crippen LogP contribution in [-0.2, 0) is 4.79 Å². The molecule has 14 heavy (non-hydrogen) atoms. The van der Waals surface area contributed by atoms with E-state index in [9.17, 15) is 4.79 Å². The molecule has 0 aromatic carbocycles. The van der Waals surface area contributed by atoms with Crippen LogP contribution in [0.3, 0.4) is 0 Å². The van der Waals surface area contributed by atoms with Crippen LogP contribution in [0.2, 0.25) is 0 Å². The molecule has 0 bridgehead atoms. The highest BCUT2D eigenvalue weighted by molar-refractivity contribution is 5.73. The molecular weight excluding hydrogens is 178 g/mol. The lowest BCUT2D eigenvalue weighted by molar-refractivity contribution is -0.144. The first-order valence-electron chi connectivity index (χ1n) is 5.40. The van der Waals surface area contributed by atoms with Gasteiger partial charge < -0.3 is 5.11 Å². The Morgan fingerprint density at radius 1 is 1.29 bits per heavy atom. The summed E-state index contributed by atoms with van der Waals surface area (Å²) >= 11 is 0. The molecule has 3 nitrogen and oxygen atoms in total. The first-order valence-corrected chi connectivity index (χ1v) is 5.40. The zero-order valence-corrected chi connectivity index (χ0v) is 9.95. The maximum Gasteiger partial charge on any atom is 0.320 e. The fourth-order valence-electron chi connectivity index (χ4n) is 2.10. The second-order valence-corrected chi connectivity index (χ2v) is 4.15. The second kappa shape index (κ2) is 6.02. The molecule has 2 unspecified atom stereocenters. The number of nitrogens with zero attached hydrogens (tertiary/aromatic N) is 1. The number of carboxylic acid groups (broad SMARTS) is 1. The number of hydrogen-bond acceptors (Lipinski definition) is 2. The lowest BCUT2D eigenvalue weighted by Crippen LogP contribution is -2.46. The number of carbonyl (C=O) groups is 1. The number of carboxylic acids is 1. The van der Waals surface area contributed by atoms with E-state index >= 15 is 0 Å². The van der Waals surface area contributed by atoms with Crippen LogP contribution in [-0.4, -0.2) is 35.1 Å². The molecule has 0 aromatic rings. The summed E-state index contributed by atoms with van der Waals surface area (Å²) in [6.45, 7) is 8.30. The molecule has 0 saturated heterocycles. The summed E-state index contributed by atoms with van der Waals surface area (Å²) in [5.74, 6) is -0.215. The van der Waals surface area contributed by atoms with E-state index in [4.69, 9.17) is 5.11 Å². The lowest BCUT2D eigenvalue weighted by Gasteiger charge is -2.34. The zero-order chi connectivity index (χ0) is 11.3. The molecule has 0 spiro atoms. The Morgan fingerprint density at radius 3 is 2.00 bits per heavy atom. The van der Waals surface area contributed by atoms with Gasteiger partial charge in [0.05, 0.1) is 0 Å². The van der Waals surface area contributed by atoms with E-state index in [2.05, 4.69) is 20.8 Å². The first kappa shape index (κ1) is 13.4. The highest BCUT2D eigenvalue weighted by Crippen LogP contribution is 2.17. The highest BCUT2D eigenvalue weighted by atomic mass is 16.4. The van der Waals surface area contributed by atoms with Crippen molar-refractivity contribution >= 4 is 5.97 Å². The van der Waals surface area contributed by atoms with Gasteiger partial charge in [-0.25, -0.2) is 0 Å². The highest BCUT2D eigenvalue weighted by Gasteiger charge is 2.27. The molecule has 3 heteroatoms. The Bertz CT molecular complexity index is 180. The minimum atomic E-state index is -0.714. The molecule has 2 atom stereocenters. The van der Waals surface area contributed by atoms with Gasteiger partial charge in [0.25, 0.3) is 0 Å². The van der Waals surface area contributed by atoms with Gasteiger partial charge in [-0.2, -0.15) is 0 Å². The normalized spacial score (nSPS) is 15.9. The molecule has 0 amide bonds. The second-order valence-electron chi connectivity index (χ2n) is 4.15. The molecule has 0 aliphatic rings. The number of rotatable bonds is 6. The summed E-state index contributed by atoms with van der Waals surface area (Å²) in [6, 6.07) is 0.0124. The van der Waals surface area contributed by atoms with E-state index in [1.54, 1.807) is 0 Å². The maximum absolute atomic E-state index is 11.0. The smallest absolute Gasteiger partial charge is 0.320 e. The fraction of sp³-hybridized carbons (Fsp3) is 0.909. The van der Waals surface area contributed by atoms with E-state index < -0.39 is 5.97 Å². The van der Waals surface area contributed by atoms with Crippen LogP contribution in [0.1, 0.15) is 40.5 Å². The third-order valence-electron chi connectivity index (χ3n) is 2.87. The Labute approximate surface area is 87.1 Å². The summed E-state index contributed by atoms with van der Waals surface area (Å²) < 4.78 is 0. The van der Waals surface area contributed by atoms with Gasteiger partial charge in [-0.1, -0.05) is 27.7 Å². The van der Waals surface area contributed by atoms with Crippen LogP contribution in [0.5, 0.6) is 0 Å². The summed E-state index contributed by atoms with van der Waals surface area (Å²) in [5.41, 5.74) is 0. The lowest BCUT2D eigenvalue weighted by atomic mass is 9.98. The van der Waals surface area contributed by atoms with Crippen molar-refractivity contribution in [3.05, 3.63) is 0 Å². The molecule has 1 N–H and O–H groups in total. The predicted octanol–water partition coefficient (Wildman–Crippen LogP) is 2.22. The molecule has 0 fully saturated rings. The van der Waals surface area contributed by atoms with Crippen LogP contribution in [0.25, 0.3) is 0 Å². The number of hydrogen-bond donors (Lipinski definition) is 1. The van der Waals surface area contributed by atoms with Gasteiger partial charge in [0.15, 0.2) is 0 Å². The average Bonchev–Trinajstić information content (AvgIpc) is 2.04. The molecule has 0 aliphatic heterocycles. The van der Waals surface area contributed by atoms with Crippen LogP contribution >= 0.6 is 0 Å². The maximum atomic E-state index is 11.0. The van der Waals surface area contributed by atoms with Gasteiger partial charge >= 0.3 is 5.97 Å². The van der Waals surface area contributed by atoms with Crippen molar-refractivity contribution in [2.24, 2.45) is 5.92 Å². The van der Waals surface area contributed by atoms with Crippen molar-refractivity contribution in [3.8, 4) is 0 Å². The quantitative estimate of drug-likeness (QED) is 0.716. The minimum absolute atomic E-state index is 0.345. The molecule has 0 aliphatic carbocycles. The topological polar surface area (TPSA) is 40.5 Å². The average molecular weight is 201 g/mol. The molecular formula is C11H23NO2. The largest absolute Gasteiger partial charge is 0.480 e. The molecule has 0 radical (unpaired) electrons. The third kappa shape index (κ3) is 3.29. The van der Waals surface area contributed by atoms with E-state index in [1.807, 2.05) is 18.9 Å². The van der Waals surface area contributed by atoms with E-state index in [0.717, 1.165) is 6.42 Å². The number of likely N-dealkylation sites (N-methyl/N-ethyl adjacent to an activating group) is 1. The van der Waals surface area contributed by atoms with Gasteiger partial charge in [0.2, 0.25) is 0 Å². The molecule has 0 rings (SSSR count). The SMILES string of the molecule is CCC(C(=O)O)N(C)C(CC)C(C)C. The zero-order valence-electron chi connectivity index (χ0n) is 9.95. The predicted molar refractivity (Wildman–Crippen MR) is 58.4 cm³/mol. The first-order chi connectivity index (χ1) is 6.45. The van der Waals surface area contributed by atoms with Crippen molar-refractivity contribution in [2.45, 2.75) is 52.6 Å². The van der Waals surface area contributed by atoms with Crippen molar-refractivity contribution in [1.29, 1.82) is 0 Å². The van der Waals surface area contributed by atoms with Crippen molar-refractivity contribution in [1.82, 2.24) is 4.90 Å². The van der Waals surface area contributed by atoms with Crippen LogP contribution < -0.4 is 0 Å². The van der Waals surface area contributed by atoms with Crippen LogP contribution in [0, 0.1) is 5.92 Å². The Morgan fingerprint density at radius 2 is 1.79 bits per heavy atom. The third-order valence-corrected chi connectivity index (χ3v) is 2.87. The Kier molecular flexibility index (Phi) is 5.77. The van der Waals surface area contributed by atoms with Crippen LogP contribution in [0.15, 0.2) is 0 Å². The van der Waals surface area contributed by atoms with E-state index in [0.29, 0.717) is 18.4 Å². The summed E-state index contributed by atoms with van der Waals surface area (Å²) in [7, 11) is 1.91. The molecule has 84 valence electrons. The van der Waals surface area contributed by atoms with E-state index in [1.165, 1.54) is 0 Å². The van der Waals surface area contributed by atoms with Crippen molar-refractivity contribution < 1.29 is 9.90 Å². The van der Waals surface area contributed by atoms with Crippen LogP contribution in [0.4, 0.5) is 0 Å². The van der Waals surface area contributed by atoms with E-state index in [-0.39, 0.29) is 6.04 Å². The Balaban J connectivity index is 4.53. The van der Waals surface area contributed by atoms with Gasteiger partial charge in [0.1, 0.15) is 6.04 Å². The van der Waals surface area contributed by atoms with Gasteiger partial charge in [-0.15, -0.1) is 0 Å². The van der Waals surface area contributed by atoms with Crippen molar-refractivity contribution in [2.75, 3.05) is 7.05 Å². The molecule has 0 heterocycles. The Hall–Kier alpha value is -0.570. The monoisotopic (exact) mass is 201 g/mol. The number of aliphatic carboxylic acids is 1. The summed E-state index contributed by atoms with van der Waals surface area (Å²) in [6.07, 6.45) is 1.66. The molecule has 0 aromatic heterocycles.